The van der Waals surface area contributed by atoms with Gasteiger partial charge in [-0.15, -0.1) is 0 Å². The molecule has 1 aromatic carbocycles. The van der Waals surface area contributed by atoms with E-state index in [9.17, 15) is 4.79 Å². The Balaban J connectivity index is 1.59. The minimum atomic E-state index is 0.241. The highest BCUT2D eigenvalue weighted by Gasteiger charge is 2.33. The number of ether oxygens (including phenoxy) is 1. The van der Waals surface area contributed by atoms with E-state index < -0.39 is 0 Å². The zero-order valence-corrected chi connectivity index (χ0v) is 12.8. The monoisotopic (exact) mass is 288 g/mol. The fourth-order valence-electron chi connectivity index (χ4n) is 3.12. The lowest BCUT2D eigenvalue weighted by molar-refractivity contribution is -0.130. The zero-order chi connectivity index (χ0) is 14.8. The van der Waals surface area contributed by atoms with Crippen LogP contribution in [-0.4, -0.2) is 43.1 Å². The van der Waals surface area contributed by atoms with Crippen LogP contribution in [0.15, 0.2) is 24.3 Å². The lowest BCUT2D eigenvalue weighted by atomic mass is 9.97. The van der Waals surface area contributed by atoms with Gasteiger partial charge in [0.1, 0.15) is 5.75 Å². The molecule has 0 aromatic heterocycles. The molecule has 114 valence electrons. The second-order valence-electron chi connectivity index (χ2n) is 6.26. The first-order valence-electron chi connectivity index (χ1n) is 7.84. The van der Waals surface area contributed by atoms with Gasteiger partial charge >= 0.3 is 0 Å². The van der Waals surface area contributed by atoms with Crippen LogP contribution in [-0.2, 0) is 4.79 Å². The maximum Gasteiger partial charge on any atom is 0.236 e. The second kappa shape index (κ2) is 6.06. The molecule has 3 rings (SSSR count). The van der Waals surface area contributed by atoms with Crippen molar-refractivity contribution in [3.8, 4) is 5.75 Å². The van der Waals surface area contributed by atoms with Crippen LogP contribution in [0.2, 0.25) is 0 Å². The molecule has 21 heavy (non-hydrogen) atoms. The molecule has 1 N–H and O–H groups in total. The van der Waals surface area contributed by atoms with Crippen molar-refractivity contribution in [3.05, 3.63) is 29.8 Å². The number of amides is 1. The predicted octanol–water partition coefficient (Wildman–Crippen LogP) is 2.15. The first kappa shape index (κ1) is 14.4. The van der Waals surface area contributed by atoms with Crippen LogP contribution in [0.3, 0.4) is 0 Å². The molecule has 1 saturated carbocycles. The molecular weight excluding hydrogens is 264 g/mol. The molecule has 0 spiro atoms. The topological polar surface area (TPSA) is 41.6 Å². The highest BCUT2D eigenvalue weighted by molar-refractivity contribution is 5.79. The second-order valence-corrected chi connectivity index (χ2v) is 6.26. The van der Waals surface area contributed by atoms with Crippen molar-refractivity contribution >= 4 is 5.91 Å². The summed E-state index contributed by atoms with van der Waals surface area (Å²) in [4.78, 5) is 14.3. The number of nitrogens with one attached hydrogen (secondary N) is 1. The Morgan fingerprint density at radius 2 is 2.05 bits per heavy atom. The summed E-state index contributed by atoms with van der Waals surface area (Å²) in [6.07, 6.45) is 3.48. The summed E-state index contributed by atoms with van der Waals surface area (Å²) in [5, 5.41) is 3.32. The third-order valence-electron chi connectivity index (χ3n) is 4.60. The summed E-state index contributed by atoms with van der Waals surface area (Å²) < 4.78 is 5.20. The summed E-state index contributed by atoms with van der Waals surface area (Å²) in [6, 6.07) is 9.15. The van der Waals surface area contributed by atoms with E-state index in [0.29, 0.717) is 24.5 Å². The van der Waals surface area contributed by atoms with Crippen LogP contribution < -0.4 is 10.1 Å². The maximum absolute atomic E-state index is 12.3. The number of carbonyl (C=O) groups is 1. The summed E-state index contributed by atoms with van der Waals surface area (Å²) >= 11 is 0. The molecular formula is C17H24N2O2. The van der Waals surface area contributed by atoms with E-state index in [1.54, 1.807) is 7.11 Å². The number of hydrogen-bond donors (Lipinski definition) is 1. The number of nitrogens with zero attached hydrogens (tertiary/aromatic N) is 1. The first-order valence-corrected chi connectivity index (χ1v) is 7.84. The summed E-state index contributed by atoms with van der Waals surface area (Å²) in [6.45, 7) is 3.47. The molecule has 1 aromatic rings. The zero-order valence-electron chi connectivity index (χ0n) is 12.8. The van der Waals surface area contributed by atoms with Gasteiger partial charge in [-0.05, 0) is 43.9 Å². The minimum Gasteiger partial charge on any atom is -0.497 e. The Kier molecular flexibility index (Phi) is 4.15. The lowest BCUT2D eigenvalue weighted by Crippen LogP contribution is -2.40. The smallest absolute Gasteiger partial charge is 0.236 e. The molecule has 4 heteroatoms. The van der Waals surface area contributed by atoms with Gasteiger partial charge in [0, 0.05) is 24.5 Å². The quantitative estimate of drug-likeness (QED) is 0.902. The van der Waals surface area contributed by atoms with E-state index in [0.717, 1.165) is 18.7 Å². The Labute approximate surface area is 126 Å². The van der Waals surface area contributed by atoms with Crippen LogP contribution in [0.1, 0.15) is 37.7 Å². The fourth-order valence-corrected chi connectivity index (χ4v) is 3.12. The Morgan fingerprint density at radius 1 is 1.33 bits per heavy atom. The fraction of sp³-hybridized carbons (Fsp3) is 0.588. The van der Waals surface area contributed by atoms with Crippen molar-refractivity contribution < 1.29 is 9.53 Å². The largest absolute Gasteiger partial charge is 0.497 e. The molecule has 4 nitrogen and oxygen atoms in total. The average molecular weight is 288 g/mol. The molecule has 1 amide bonds. The number of hydrogen-bond acceptors (Lipinski definition) is 3. The van der Waals surface area contributed by atoms with Crippen molar-refractivity contribution in [1.29, 1.82) is 0 Å². The van der Waals surface area contributed by atoms with Gasteiger partial charge in [-0.3, -0.25) is 4.79 Å². The molecule has 1 heterocycles. The Morgan fingerprint density at radius 3 is 2.67 bits per heavy atom. The summed E-state index contributed by atoms with van der Waals surface area (Å²) in [7, 11) is 1.68. The first-order chi connectivity index (χ1) is 10.2. The lowest BCUT2D eigenvalue weighted by Gasteiger charge is -2.21. The highest BCUT2D eigenvalue weighted by Crippen LogP contribution is 2.32. The van der Waals surface area contributed by atoms with E-state index in [4.69, 9.17) is 4.74 Å². The van der Waals surface area contributed by atoms with E-state index in [1.807, 2.05) is 17.0 Å². The predicted molar refractivity (Wildman–Crippen MR) is 82.6 cm³/mol. The van der Waals surface area contributed by atoms with Crippen molar-refractivity contribution in [2.45, 2.75) is 44.2 Å². The number of methoxy groups -OCH3 is 1. The molecule has 2 fully saturated rings. The Hall–Kier alpha value is -1.55. The average Bonchev–Trinajstić information content (AvgIpc) is 3.26. The van der Waals surface area contributed by atoms with Crippen LogP contribution in [0.25, 0.3) is 0 Å². The van der Waals surface area contributed by atoms with E-state index in [2.05, 4.69) is 24.4 Å². The molecule has 0 unspecified atom stereocenters. The van der Waals surface area contributed by atoms with Gasteiger partial charge in [0.25, 0.3) is 0 Å². The molecule has 2 atom stereocenters. The molecule has 0 bridgehead atoms. The van der Waals surface area contributed by atoms with Crippen molar-refractivity contribution in [1.82, 2.24) is 10.2 Å². The van der Waals surface area contributed by atoms with Crippen molar-refractivity contribution in [2.24, 2.45) is 0 Å². The van der Waals surface area contributed by atoms with Crippen LogP contribution >= 0.6 is 0 Å². The molecule has 1 aliphatic carbocycles. The molecule has 1 aliphatic heterocycles. The third kappa shape index (κ3) is 3.38. The van der Waals surface area contributed by atoms with Gasteiger partial charge in [-0.1, -0.05) is 12.1 Å². The maximum atomic E-state index is 12.3. The number of benzene rings is 1. The Bertz CT molecular complexity index is 496. The van der Waals surface area contributed by atoms with Gasteiger partial charge in [0.2, 0.25) is 5.91 Å². The van der Waals surface area contributed by atoms with Gasteiger partial charge in [-0.25, -0.2) is 0 Å². The third-order valence-corrected chi connectivity index (χ3v) is 4.60. The standard InChI is InChI=1S/C17H24N2O2/c1-12-9-14(13-3-7-16(21-2)8-4-13)11-19(12)17(20)10-18-15-5-6-15/h3-4,7-8,12,14-15,18H,5-6,9-11H2,1-2H3/t12-,14+/m1/s1. The van der Waals surface area contributed by atoms with Gasteiger partial charge < -0.3 is 15.0 Å². The van der Waals surface area contributed by atoms with Gasteiger partial charge in [-0.2, -0.15) is 0 Å². The van der Waals surface area contributed by atoms with Gasteiger partial charge in [0.05, 0.1) is 13.7 Å². The van der Waals surface area contributed by atoms with Crippen LogP contribution in [0.4, 0.5) is 0 Å². The van der Waals surface area contributed by atoms with Crippen molar-refractivity contribution in [2.75, 3.05) is 20.2 Å². The van der Waals surface area contributed by atoms with Crippen molar-refractivity contribution in [3.63, 3.8) is 0 Å². The normalized spacial score (nSPS) is 25.1. The van der Waals surface area contributed by atoms with Gasteiger partial charge in [0.15, 0.2) is 0 Å². The molecule has 2 aliphatic rings. The number of rotatable bonds is 5. The number of carbonyl (C=O) groups excluding carboxylic acids is 1. The van der Waals surface area contributed by atoms with E-state index in [1.165, 1.54) is 18.4 Å². The van der Waals surface area contributed by atoms with Crippen LogP contribution in [0, 0.1) is 0 Å². The van der Waals surface area contributed by atoms with E-state index in [-0.39, 0.29) is 5.91 Å². The summed E-state index contributed by atoms with van der Waals surface area (Å²) in [5.74, 6) is 1.56. The SMILES string of the molecule is COc1ccc([C@H]2C[C@@H](C)N(C(=O)CNC3CC3)C2)cc1. The molecule has 1 saturated heterocycles. The minimum absolute atomic E-state index is 0.241. The summed E-state index contributed by atoms with van der Waals surface area (Å²) in [5.41, 5.74) is 1.30. The number of likely N-dealkylation sites (tertiary alicyclic amines) is 1. The van der Waals surface area contributed by atoms with Crippen LogP contribution in [0.5, 0.6) is 5.75 Å². The highest BCUT2D eigenvalue weighted by atomic mass is 16.5. The van der Waals surface area contributed by atoms with E-state index >= 15 is 0 Å². The molecule has 0 radical (unpaired) electrons.